The average molecular weight is 953 g/mol. The lowest BCUT2D eigenvalue weighted by molar-refractivity contribution is -0.130. The zero-order valence-electron chi connectivity index (χ0n) is 41.5. The largest absolute Gasteiger partial charge is 0.392 e. The summed E-state index contributed by atoms with van der Waals surface area (Å²) in [6.07, 6.45) is 14.1. The molecule has 18 heteroatoms. The summed E-state index contributed by atoms with van der Waals surface area (Å²) in [5.74, 6) is -0.547. The Kier molecular flexibility index (Phi) is 10.7. The number of aliphatic hydroxyl groups excluding tert-OH is 1. The van der Waals surface area contributed by atoms with Crippen molar-refractivity contribution in [3.8, 4) is 11.1 Å². The van der Waals surface area contributed by atoms with Crippen LogP contribution in [0, 0.1) is 0 Å². The van der Waals surface area contributed by atoms with Crippen LogP contribution in [-0.4, -0.2) is 103 Å². The number of thiophene rings is 1. The number of carbonyl (C=O) groups is 3. The van der Waals surface area contributed by atoms with E-state index in [-0.39, 0.29) is 23.3 Å². The summed E-state index contributed by atoms with van der Waals surface area (Å²) in [4.78, 5) is 85.8. The molecule has 2 atom stereocenters. The number of hydrogen-bond donors (Lipinski definition) is 3. The number of pyridine rings is 3. The van der Waals surface area contributed by atoms with E-state index in [1.165, 1.54) is 44.1 Å². The molecule has 6 aromatic rings. The first-order chi connectivity index (χ1) is 34.7. The molecule has 2 saturated heterocycles. The lowest BCUT2D eigenvalue weighted by atomic mass is 9.92. The number of fused-ring (bicyclic) bond motifs is 4. The maximum atomic E-state index is 14.1. The Morgan fingerprint density at radius 1 is 0.913 bits per heavy atom. The number of benzene rings is 1. The second kappa shape index (κ2) is 17.9. The highest BCUT2D eigenvalue weighted by Crippen LogP contribution is 2.40. The number of nitrogens with zero attached hydrogens (tertiary/aromatic N) is 9. The molecule has 356 valence electrons. The van der Waals surface area contributed by atoms with Gasteiger partial charge in [-0.25, -0.2) is 14.8 Å². The van der Waals surface area contributed by atoms with Crippen LogP contribution in [0.15, 0.2) is 82.8 Å². The third-order valence-corrected chi connectivity index (χ3v) is 16.0. The number of rotatable bonds is 9. The lowest BCUT2D eigenvalue weighted by Crippen LogP contribution is -2.57. The molecule has 0 spiro atoms. The van der Waals surface area contributed by atoms with Crippen LogP contribution in [0.25, 0.3) is 22.2 Å². The molecule has 2 fully saturated rings. The van der Waals surface area contributed by atoms with Gasteiger partial charge in [0.2, 0.25) is 5.91 Å². The SMILES string of the molecule is [2H]C([2H])([2H])n1cc(-c2ccnc(N3CCc4c(sc5c4CCCC5)C3=O)c2CO)cc(Nc2ccc(N3CCN(C4CCN(c5ccc6c(c5)n(C5C=CC(=O)NC5=O)c(=O)n6C)CC4)C[C@@H]3C)cn2)c1=O. The second-order valence-corrected chi connectivity index (χ2v) is 19.8. The number of aliphatic hydroxyl groups is 1. The summed E-state index contributed by atoms with van der Waals surface area (Å²) >= 11 is 1.56. The van der Waals surface area contributed by atoms with E-state index in [0.717, 1.165) is 93.1 Å². The fourth-order valence-corrected chi connectivity index (χ4v) is 12.6. The number of carbonyl (C=O) groups excluding carboxylic acids is 3. The van der Waals surface area contributed by atoms with Gasteiger partial charge in [0.05, 0.1) is 34.4 Å². The van der Waals surface area contributed by atoms with Crippen LogP contribution >= 0.6 is 11.3 Å². The number of hydrogen-bond acceptors (Lipinski definition) is 13. The predicted molar refractivity (Wildman–Crippen MR) is 267 cm³/mol. The minimum atomic E-state index is -2.83. The normalized spacial score (nSPS) is 20.9. The van der Waals surface area contributed by atoms with Gasteiger partial charge in [0.1, 0.15) is 23.4 Å². The average Bonchev–Trinajstić information content (AvgIpc) is 3.88. The van der Waals surface area contributed by atoms with Gasteiger partial charge in [-0.15, -0.1) is 11.3 Å². The fraction of sp³-hybridized carbons (Fsp3) is 0.392. The molecular formula is C51H55N11O6S. The molecule has 11 rings (SSSR count). The maximum Gasteiger partial charge on any atom is 0.329 e. The molecular weight excluding hydrogens is 895 g/mol. The third-order valence-electron chi connectivity index (χ3n) is 14.7. The van der Waals surface area contributed by atoms with Crippen LogP contribution in [0.5, 0.6) is 0 Å². The summed E-state index contributed by atoms with van der Waals surface area (Å²) in [6.45, 7) is 3.41. The number of imide groups is 1. The third kappa shape index (κ3) is 7.93. The highest BCUT2D eigenvalue weighted by Gasteiger charge is 2.35. The van der Waals surface area contributed by atoms with E-state index in [1.807, 2.05) is 24.3 Å². The molecule has 3 amide bonds. The van der Waals surface area contributed by atoms with Gasteiger partial charge in [-0.2, -0.15) is 0 Å². The number of amides is 3. The van der Waals surface area contributed by atoms with Crippen LogP contribution in [0.2, 0.25) is 0 Å². The van der Waals surface area contributed by atoms with Crippen molar-refractivity contribution in [3.63, 3.8) is 0 Å². The quantitative estimate of drug-likeness (QED) is 0.169. The van der Waals surface area contributed by atoms with E-state index >= 15 is 0 Å². The number of aryl methyl sites for hydroxylation is 3. The molecule has 17 nitrogen and oxygen atoms in total. The van der Waals surface area contributed by atoms with Gasteiger partial charge >= 0.3 is 5.69 Å². The Labute approximate surface area is 406 Å². The van der Waals surface area contributed by atoms with Gasteiger partial charge in [-0.05, 0) is 117 Å². The standard InChI is InChI=1S/C51H55N11O6S/c1-30-27-59(32-15-19-58(20-16-32)33-8-10-40-42(25-33)62(51(68)57(40)3)41-11-13-45(64)55-48(41)65)22-23-60(30)34-9-12-44(53-26-34)54-39-24-31(28-56(2)49(39)66)35-14-18-52-47(38(35)29-63)61-21-17-37-36-6-4-5-7-43(36)69-46(37)50(61)67/h8-14,18,24-26,28,30,32,41,63H,4-7,15-17,19-23,27,29H2,1-3H3,(H,53,54)(H,55,64,65)/t30-,41?/m0/s1/i2D3. The number of anilines is 5. The van der Waals surface area contributed by atoms with Crippen molar-refractivity contribution >= 4 is 68.8 Å². The van der Waals surface area contributed by atoms with Crippen molar-refractivity contribution in [2.24, 2.45) is 14.0 Å². The Morgan fingerprint density at radius 3 is 2.51 bits per heavy atom. The molecule has 1 aliphatic carbocycles. The van der Waals surface area contributed by atoms with Crippen LogP contribution in [0.4, 0.5) is 28.7 Å². The zero-order valence-corrected chi connectivity index (χ0v) is 39.3. The van der Waals surface area contributed by atoms with E-state index in [2.05, 4.69) is 42.2 Å². The van der Waals surface area contributed by atoms with Crippen molar-refractivity contribution in [2.75, 3.05) is 59.3 Å². The molecule has 69 heavy (non-hydrogen) atoms. The van der Waals surface area contributed by atoms with E-state index < -0.39 is 37.0 Å². The number of nitrogens with one attached hydrogen (secondary N) is 2. The number of aromatic nitrogens is 5. The van der Waals surface area contributed by atoms with E-state index in [9.17, 15) is 29.1 Å². The number of piperidine rings is 1. The van der Waals surface area contributed by atoms with E-state index in [4.69, 9.17) is 4.11 Å². The molecule has 0 saturated carbocycles. The second-order valence-electron chi connectivity index (χ2n) is 18.7. The van der Waals surface area contributed by atoms with Crippen molar-refractivity contribution in [1.82, 2.24) is 33.9 Å². The molecule has 3 N–H and O–H groups in total. The highest BCUT2D eigenvalue weighted by molar-refractivity contribution is 7.14. The smallest absolute Gasteiger partial charge is 0.329 e. The first-order valence-electron chi connectivity index (χ1n) is 25.2. The summed E-state index contributed by atoms with van der Waals surface area (Å²) in [5.41, 5.74) is 5.68. The van der Waals surface area contributed by atoms with Crippen LogP contribution in [-0.2, 0) is 49.5 Å². The Bertz CT molecular complexity index is 3320. The molecule has 9 heterocycles. The van der Waals surface area contributed by atoms with Crippen molar-refractivity contribution in [1.29, 1.82) is 0 Å². The van der Waals surface area contributed by atoms with Gasteiger partial charge in [-0.3, -0.25) is 43.4 Å². The highest BCUT2D eigenvalue weighted by atomic mass is 32.1. The molecule has 1 unspecified atom stereocenters. The molecule has 5 aromatic heterocycles. The topological polar surface area (TPSA) is 183 Å². The fourth-order valence-electron chi connectivity index (χ4n) is 11.2. The molecule has 1 aromatic carbocycles. The van der Waals surface area contributed by atoms with Gasteiger partial charge < -0.3 is 24.8 Å². The minimum absolute atomic E-state index is 0.0208. The van der Waals surface area contributed by atoms with Crippen LogP contribution in [0.1, 0.15) is 74.0 Å². The van der Waals surface area contributed by atoms with Crippen molar-refractivity contribution in [2.45, 2.75) is 76.6 Å². The Hall–Kier alpha value is -6.89. The predicted octanol–water partition coefficient (Wildman–Crippen LogP) is 4.81. The van der Waals surface area contributed by atoms with Gasteiger partial charge in [0.25, 0.3) is 17.4 Å². The summed E-state index contributed by atoms with van der Waals surface area (Å²) in [6, 6.07) is 12.4. The zero-order chi connectivity index (χ0) is 50.2. The van der Waals surface area contributed by atoms with E-state index in [1.54, 1.807) is 47.7 Å². The van der Waals surface area contributed by atoms with Gasteiger partial charge in [0.15, 0.2) is 0 Å². The molecule has 0 radical (unpaired) electrons. The van der Waals surface area contributed by atoms with Crippen molar-refractivity contribution in [3.05, 3.63) is 120 Å². The van der Waals surface area contributed by atoms with E-state index in [0.29, 0.717) is 62.9 Å². The first-order valence-corrected chi connectivity index (χ1v) is 24.5. The van der Waals surface area contributed by atoms with Gasteiger partial charge in [0, 0.05) is 110 Å². The first kappa shape index (κ1) is 41.1. The van der Waals surface area contributed by atoms with Crippen LogP contribution < -0.4 is 36.6 Å². The Morgan fingerprint density at radius 2 is 1.74 bits per heavy atom. The van der Waals surface area contributed by atoms with Crippen molar-refractivity contribution < 1.29 is 23.6 Å². The lowest BCUT2D eigenvalue weighted by Gasteiger charge is -2.46. The van der Waals surface area contributed by atoms with Gasteiger partial charge in [-0.1, -0.05) is 0 Å². The Balaban J connectivity index is 0.762. The number of imidazole rings is 1. The summed E-state index contributed by atoms with van der Waals surface area (Å²) in [7, 11) is 1.68. The summed E-state index contributed by atoms with van der Waals surface area (Å²) in [5, 5.41) is 16.2. The summed E-state index contributed by atoms with van der Waals surface area (Å²) < 4.78 is 28.5. The molecule has 0 bridgehead atoms. The minimum Gasteiger partial charge on any atom is -0.392 e. The monoisotopic (exact) mass is 952 g/mol. The molecule has 4 aliphatic heterocycles. The van der Waals surface area contributed by atoms with Crippen LogP contribution in [0.3, 0.4) is 0 Å². The maximum absolute atomic E-state index is 14.1. The number of piperazine rings is 1. The molecule has 5 aliphatic rings.